The van der Waals surface area contributed by atoms with E-state index in [1.54, 1.807) is 4.90 Å². The number of fused-ring (bicyclic) bond motifs is 3. The van der Waals surface area contributed by atoms with Crippen molar-refractivity contribution in [3.63, 3.8) is 0 Å². The van der Waals surface area contributed by atoms with Gasteiger partial charge in [0.1, 0.15) is 0 Å². The fourth-order valence-electron chi connectivity index (χ4n) is 2.18. The summed E-state index contributed by atoms with van der Waals surface area (Å²) in [5.41, 5.74) is 5.90. The molecule has 0 amide bonds. The van der Waals surface area contributed by atoms with Gasteiger partial charge >= 0.3 is 35.3 Å². The van der Waals surface area contributed by atoms with E-state index >= 15 is 0 Å². The molecule has 1 unspecified atom stereocenters. The number of halogens is 3. The quantitative estimate of drug-likeness (QED) is 0.424. The van der Waals surface area contributed by atoms with Gasteiger partial charge in [-0.2, -0.15) is 0 Å². The zero-order chi connectivity index (χ0) is 8.97. The Hall–Kier alpha value is 1.48. The second-order valence-electron chi connectivity index (χ2n) is 3.50. The summed E-state index contributed by atoms with van der Waals surface area (Å²) in [5, 5.41) is 0. The molecule has 6 heteroatoms. The van der Waals surface area contributed by atoms with Crippen LogP contribution in [0.15, 0.2) is 0 Å². The van der Waals surface area contributed by atoms with Crippen LogP contribution in [0.3, 0.4) is 0 Å². The maximum absolute atomic E-state index is 5.90. The van der Waals surface area contributed by atoms with Crippen molar-refractivity contribution in [2.24, 2.45) is 11.7 Å². The minimum absolute atomic E-state index is 0. The van der Waals surface area contributed by atoms with Crippen LogP contribution in [0, 0.1) is 5.92 Å². The first-order valence-corrected chi connectivity index (χ1v) is 9.82. The van der Waals surface area contributed by atoms with Crippen LogP contribution in [0.25, 0.3) is 0 Å². The Balaban J connectivity index is 0.000000324. The van der Waals surface area contributed by atoms with E-state index < -0.39 is 16.5 Å². The Labute approximate surface area is 102 Å². The number of nitrogens with two attached hydrogens (primary N) is 1. The molecule has 3 rings (SSSR count). The SMILES string of the molecule is NC1C[NH+]2CCC1CC2.[Cl-].[Cl][Pt][Cl]. The van der Waals surface area contributed by atoms with Gasteiger partial charge in [-0.05, 0) is 5.92 Å². The van der Waals surface area contributed by atoms with Gasteiger partial charge in [-0.1, -0.05) is 0 Å². The molecule has 0 aliphatic carbocycles. The first-order chi connectivity index (χ1) is 5.77. The summed E-state index contributed by atoms with van der Waals surface area (Å²) in [6.07, 6.45) is 2.77. The van der Waals surface area contributed by atoms with Gasteiger partial charge in [0, 0.05) is 12.8 Å². The Kier molecular flexibility index (Phi) is 8.61. The third-order valence-corrected chi connectivity index (χ3v) is 2.87. The van der Waals surface area contributed by atoms with Crippen LogP contribution < -0.4 is 23.0 Å². The summed E-state index contributed by atoms with van der Waals surface area (Å²) in [4.78, 5) is 1.74. The first-order valence-electron chi connectivity index (χ1n) is 4.19. The van der Waals surface area contributed by atoms with Crippen molar-refractivity contribution < 1.29 is 33.8 Å². The fourth-order valence-corrected chi connectivity index (χ4v) is 2.18. The zero-order valence-corrected chi connectivity index (χ0v) is 11.8. The summed E-state index contributed by atoms with van der Waals surface area (Å²) in [7, 11) is 9.75. The molecule has 3 aliphatic heterocycles. The van der Waals surface area contributed by atoms with E-state index in [2.05, 4.69) is 0 Å². The van der Waals surface area contributed by atoms with E-state index in [4.69, 9.17) is 24.6 Å². The molecule has 3 aliphatic rings. The minimum atomic E-state index is -0.472. The number of quaternary nitrogens is 1. The predicted octanol–water partition coefficient (Wildman–Crippen LogP) is -3.00. The van der Waals surface area contributed by atoms with E-state index in [1.807, 2.05) is 0 Å². The zero-order valence-electron chi connectivity index (χ0n) is 7.22. The average molecular weight is 429 g/mol. The number of piperidine rings is 3. The monoisotopic (exact) mass is 427 g/mol. The van der Waals surface area contributed by atoms with Crippen molar-refractivity contribution in [1.82, 2.24) is 0 Å². The Morgan fingerprint density at radius 2 is 1.69 bits per heavy atom. The van der Waals surface area contributed by atoms with Gasteiger partial charge in [-0.15, -0.1) is 0 Å². The van der Waals surface area contributed by atoms with Crippen molar-refractivity contribution >= 4 is 18.8 Å². The van der Waals surface area contributed by atoms with Crippen LogP contribution in [0.5, 0.6) is 0 Å². The number of nitrogens with one attached hydrogen (secondary N) is 1. The molecule has 3 fully saturated rings. The summed E-state index contributed by atoms with van der Waals surface area (Å²) >= 11 is -0.472. The van der Waals surface area contributed by atoms with Gasteiger partial charge in [-0.25, -0.2) is 0 Å². The first kappa shape index (κ1) is 14.5. The standard InChI is InChI=1S/C7H14N2.3ClH.Pt/c8-7-5-9-3-1-6(7)2-4-9;;;;/h6-7H,1-5,8H2;3*1H;/q;;;;+2/p-2. The Morgan fingerprint density at radius 3 is 1.85 bits per heavy atom. The molecular formula is C7H15Cl3N2Pt. The van der Waals surface area contributed by atoms with E-state index in [9.17, 15) is 0 Å². The van der Waals surface area contributed by atoms with Crippen LogP contribution in [-0.4, -0.2) is 25.7 Å². The topological polar surface area (TPSA) is 30.5 Å². The molecular weight excluding hydrogens is 414 g/mol. The number of hydrogen-bond donors (Lipinski definition) is 2. The molecule has 0 aromatic carbocycles. The molecule has 0 spiro atoms. The van der Waals surface area contributed by atoms with Gasteiger partial charge in [0.25, 0.3) is 0 Å². The van der Waals surface area contributed by atoms with Crippen LogP contribution in [0.2, 0.25) is 0 Å². The van der Waals surface area contributed by atoms with Gasteiger partial charge in [0.2, 0.25) is 0 Å². The molecule has 3 heterocycles. The van der Waals surface area contributed by atoms with Crippen LogP contribution >= 0.6 is 18.8 Å². The van der Waals surface area contributed by atoms with E-state index in [0.717, 1.165) is 5.92 Å². The average Bonchev–Trinajstić information content (AvgIpc) is 2.07. The van der Waals surface area contributed by atoms with Crippen LogP contribution in [-0.2, 0) is 16.5 Å². The third-order valence-electron chi connectivity index (χ3n) is 2.87. The van der Waals surface area contributed by atoms with Gasteiger partial charge in [0.15, 0.2) is 0 Å². The van der Waals surface area contributed by atoms with E-state index in [0.29, 0.717) is 6.04 Å². The molecule has 0 radical (unpaired) electrons. The van der Waals surface area contributed by atoms with E-state index in [1.165, 1.54) is 32.5 Å². The second kappa shape index (κ2) is 7.73. The molecule has 3 N–H and O–H groups in total. The molecule has 0 saturated carbocycles. The molecule has 3 saturated heterocycles. The van der Waals surface area contributed by atoms with Crippen molar-refractivity contribution in [1.29, 1.82) is 0 Å². The summed E-state index contributed by atoms with van der Waals surface area (Å²) in [5.74, 6) is 0.877. The van der Waals surface area contributed by atoms with Crippen molar-refractivity contribution in [3.05, 3.63) is 0 Å². The number of rotatable bonds is 0. The van der Waals surface area contributed by atoms with Crippen LogP contribution in [0.4, 0.5) is 0 Å². The number of hydrogen-bond acceptors (Lipinski definition) is 1. The van der Waals surface area contributed by atoms with Crippen molar-refractivity contribution in [2.75, 3.05) is 19.6 Å². The predicted molar refractivity (Wildman–Crippen MR) is 48.0 cm³/mol. The maximum atomic E-state index is 5.90. The third kappa shape index (κ3) is 4.68. The van der Waals surface area contributed by atoms with Crippen molar-refractivity contribution in [3.8, 4) is 0 Å². The molecule has 13 heavy (non-hydrogen) atoms. The van der Waals surface area contributed by atoms with Crippen molar-refractivity contribution in [2.45, 2.75) is 18.9 Å². The van der Waals surface area contributed by atoms with Gasteiger partial charge in [0.05, 0.1) is 25.7 Å². The summed E-state index contributed by atoms with van der Waals surface area (Å²) < 4.78 is 0. The van der Waals surface area contributed by atoms with E-state index in [-0.39, 0.29) is 12.4 Å². The van der Waals surface area contributed by atoms with Gasteiger partial charge < -0.3 is 23.0 Å². The molecule has 2 bridgehead atoms. The Morgan fingerprint density at radius 1 is 1.23 bits per heavy atom. The second-order valence-corrected chi connectivity index (χ2v) is 6.78. The molecule has 2 nitrogen and oxygen atoms in total. The summed E-state index contributed by atoms with van der Waals surface area (Å²) in [6, 6.07) is 0.530. The molecule has 84 valence electrons. The molecule has 0 aromatic heterocycles. The molecule has 0 aromatic rings. The summed E-state index contributed by atoms with van der Waals surface area (Å²) in [6.45, 7) is 4.02. The fraction of sp³-hybridized carbons (Fsp3) is 1.00. The molecule has 1 atom stereocenters. The van der Waals surface area contributed by atoms with Gasteiger partial charge in [-0.3, -0.25) is 0 Å². The van der Waals surface area contributed by atoms with Crippen LogP contribution in [0.1, 0.15) is 12.8 Å². The Bertz CT molecular complexity index is 131. The normalized spacial score (nSPS) is 36.1.